The first kappa shape index (κ1) is 8.91. The van der Waals surface area contributed by atoms with E-state index in [0.29, 0.717) is 13.0 Å². The molecule has 1 N–H and O–H groups in total. The molecule has 0 radical (unpaired) electrons. The van der Waals surface area contributed by atoms with Crippen molar-refractivity contribution in [3.63, 3.8) is 0 Å². The van der Waals surface area contributed by atoms with Gasteiger partial charge < -0.3 is 9.84 Å². The lowest BCUT2D eigenvalue weighted by Gasteiger charge is -2.07. The van der Waals surface area contributed by atoms with Gasteiger partial charge in [0.15, 0.2) is 0 Å². The molecule has 1 fully saturated rings. The van der Waals surface area contributed by atoms with Gasteiger partial charge in [-0.15, -0.1) is 11.8 Å². The average molecular weight is 196 g/mol. The largest absolute Gasteiger partial charge is 0.493 e. The molecule has 0 amide bonds. The molecule has 2 nitrogen and oxygen atoms in total. The summed E-state index contributed by atoms with van der Waals surface area (Å²) in [6.07, 6.45) is 0.715. The Bertz CT molecular complexity index is 270. The van der Waals surface area contributed by atoms with Crippen molar-refractivity contribution >= 4 is 11.8 Å². The summed E-state index contributed by atoms with van der Waals surface area (Å²) < 4.78 is 5.45. The van der Waals surface area contributed by atoms with Gasteiger partial charge in [0.05, 0.1) is 6.61 Å². The highest BCUT2D eigenvalue weighted by Gasteiger charge is 2.41. The monoisotopic (exact) mass is 196 g/mol. The van der Waals surface area contributed by atoms with Gasteiger partial charge in [-0.1, -0.05) is 18.2 Å². The van der Waals surface area contributed by atoms with E-state index in [0.717, 1.165) is 11.5 Å². The Kier molecular flexibility index (Phi) is 2.47. The number of hydrogen-bond acceptors (Lipinski definition) is 3. The van der Waals surface area contributed by atoms with Crippen LogP contribution in [0.4, 0.5) is 0 Å². The molecule has 1 saturated heterocycles. The van der Waals surface area contributed by atoms with Gasteiger partial charge in [-0.05, 0) is 12.1 Å². The quantitative estimate of drug-likeness (QED) is 0.746. The van der Waals surface area contributed by atoms with Crippen molar-refractivity contribution in [1.82, 2.24) is 0 Å². The van der Waals surface area contributed by atoms with Gasteiger partial charge in [-0.25, -0.2) is 0 Å². The molecule has 0 saturated carbocycles. The summed E-state index contributed by atoms with van der Waals surface area (Å²) in [6.45, 7) is 0.591. The number of para-hydroxylation sites is 1. The molecule has 1 aromatic carbocycles. The van der Waals surface area contributed by atoms with Gasteiger partial charge in [0, 0.05) is 12.2 Å². The fraction of sp³-hybridized carbons (Fsp3) is 0.400. The van der Waals surface area contributed by atoms with Gasteiger partial charge in [0.1, 0.15) is 10.7 Å². The van der Waals surface area contributed by atoms with Crippen LogP contribution in [0.15, 0.2) is 30.3 Å². The molecule has 0 spiro atoms. The Morgan fingerprint density at radius 3 is 2.69 bits per heavy atom. The fourth-order valence-electron chi connectivity index (χ4n) is 1.07. The van der Waals surface area contributed by atoms with Crippen LogP contribution in [0.5, 0.6) is 5.75 Å². The summed E-state index contributed by atoms with van der Waals surface area (Å²) >= 11 is 1.58. The summed E-state index contributed by atoms with van der Waals surface area (Å²) in [5, 5.41) is 9.49. The molecule has 1 aliphatic heterocycles. The Labute approximate surface area is 81.9 Å². The molecule has 3 heteroatoms. The van der Waals surface area contributed by atoms with Crippen molar-refractivity contribution in [1.29, 1.82) is 0 Å². The van der Waals surface area contributed by atoms with Crippen molar-refractivity contribution < 1.29 is 9.84 Å². The summed E-state index contributed by atoms with van der Waals surface area (Å²) in [7, 11) is 0. The lowest BCUT2D eigenvalue weighted by Crippen LogP contribution is -2.12. The number of aliphatic hydroxyl groups is 1. The SMILES string of the molecule is OC1(CCOc2ccccc2)CS1. The van der Waals surface area contributed by atoms with Crippen LogP contribution >= 0.6 is 11.8 Å². The molecular weight excluding hydrogens is 184 g/mol. The lowest BCUT2D eigenvalue weighted by atomic mass is 10.3. The molecule has 1 heterocycles. The molecule has 1 aromatic rings. The minimum absolute atomic E-state index is 0.477. The normalized spacial score (nSPS) is 25.6. The van der Waals surface area contributed by atoms with Gasteiger partial charge in [0.2, 0.25) is 0 Å². The van der Waals surface area contributed by atoms with Crippen LogP contribution < -0.4 is 4.74 Å². The molecule has 0 aliphatic carbocycles. The fourth-order valence-corrected chi connectivity index (χ4v) is 1.61. The summed E-state index contributed by atoms with van der Waals surface area (Å²) in [4.78, 5) is -0.477. The van der Waals surface area contributed by atoms with Crippen LogP contribution in [0, 0.1) is 0 Å². The zero-order valence-electron chi connectivity index (χ0n) is 7.27. The third-order valence-electron chi connectivity index (χ3n) is 1.98. The van der Waals surface area contributed by atoms with Crippen molar-refractivity contribution in [3.8, 4) is 5.75 Å². The first-order valence-electron chi connectivity index (χ1n) is 4.33. The third kappa shape index (κ3) is 2.64. The van der Waals surface area contributed by atoms with Gasteiger partial charge in [-0.3, -0.25) is 0 Å². The van der Waals surface area contributed by atoms with Crippen molar-refractivity contribution in [2.24, 2.45) is 0 Å². The third-order valence-corrected chi connectivity index (χ3v) is 3.14. The second kappa shape index (κ2) is 3.60. The molecule has 2 rings (SSSR count). The molecule has 0 aromatic heterocycles. The molecule has 1 aliphatic rings. The zero-order valence-corrected chi connectivity index (χ0v) is 8.09. The Morgan fingerprint density at radius 1 is 1.38 bits per heavy atom. The van der Waals surface area contributed by atoms with Crippen LogP contribution in [0.2, 0.25) is 0 Å². The Balaban J connectivity index is 1.74. The van der Waals surface area contributed by atoms with Crippen LogP contribution in [-0.2, 0) is 0 Å². The molecular formula is C10H12O2S. The van der Waals surface area contributed by atoms with E-state index in [4.69, 9.17) is 4.74 Å². The van der Waals surface area contributed by atoms with Crippen LogP contribution in [-0.4, -0.2) is 22.4 Å². The predicted molar refractivity (Wildman–Crippen MR) is 54.0 cm³/mol. The topological polar surface area (TPSA) is 29.5 Å². The highest BCUT2D eigenvalue weighted by atomic mass is 32.2. The Hall–Kier alpha value is -0.670. The second-order valence-electron chi connectivity index (χ2n) is 3.15. The van der Waals surface area contributed by atoms with Crippen LogP contribution in [0.1, 0.15) is 6.42 Å². The van der Waals surface area contributed by atoms with E-state index in [1.165, 1.54) is 0 Å². The standard InChI is InChI=1S/C10H12O2S/c11-10(8-13-10)6-7-12-9-4-2-1-3-5-9/h1-5,11H,6-8H2. The Morgan fingerprint density at radius 2 is 2.08 bits per heavy atom. The summed E-state index contributed by atoms with van der Waals surface area (Å²) in [5.74, 6) is 1.72. The van der Waals surface area contributed by atoms with E-state index in [1.54, 1.807) is 11.8 Å². The van der Waals surface area contributed by atoms with Crippen molar-refractivity contribution in [2.45, 2.75) is 11.4 Å². The van der Waals surface area contributed by atoms with E-state index < -0.39 is 4.93 Å². The van der Waals surface area contributed by atoms with Gasteiger partial charge in [-0.2, -0.15) is 0 Å². The van der Waals surface area contributed by atoms with Crippen LogP contribution in [0.3, 0.4) is 0 Å². The number of benzene rings is 1. The number of hydrogen-bond donors (Lipinski definition) is 1. The molecule has 13 heavy (non-hydrogen) atoms. The number of rotatable bonds is 4. The minimum atomic E-state index is -0.477. The summed E-state index contributed by atoms with van der Waals surface area (Å²) in [5.41, 5.74) is 0. The maximum absolute atomic E-state index is 9.49. The van der Waals surface area contributed by atoms with Gasteiger partial charge in [0.25, 0.3) is 0 Å². The predicted octanol–water partition coefficient (Wildman–Crippen LogP) is 1.89. The first-order chi connectivity index (χ1) is 6.29. The van der Waals surface area contributed by atoms with Crippen LogP contribution in [0.25, 0.3) is 0 Å². The van der Waals surface area contributed by atoms with E-state index in [-0.39, 0.29) is 0 Å². The van der Waals surface area contributed by atoms with E-state index in [2.05, 4.69) is 0 Å². The highest BCUT2D eigenvalue weighted by molar-refractivity contribution is 8.07. The highest BCUT2D eigenvalue weighted by Crippen LogP contribution is 2.44. The molecule has 70 valence electrons. The first-order valence-corrected chi connectivity index (χ1v) is 5.31. The summed E-state index contributed by atoms with van der Waals surface area (Å²) in [6, 6.07) is 9.68. The average Bonchev–Trinajstić information content (AvgIpc) is 2.86. The van der Waals surface area contributed by atoms with E-state index >= 15 is 0 Å². The van der Waals surface area contributed by atoms with Gasteiger partial charge >= 0.3 is 0 Å². The molecule has 0 bridgehead atoms. The zero-order chi connectivity index (χ0) is 9.15. The van der Waals surface area contributed by atoms with Crippen molar-refractivity contribution in [2.75, 3.05) is 12.4 Å². The molecule has 1 atom stereocenters. The minimum Gasteiger partial charge on any atom is -0.493 e. The smallest absolute Gasteiger partial charge is 0.122 e. The van der Waals surface area contributed by atoms with Crippen molar-refractivity contribution in [3.05, 3.63) is 30.3 Å². The lowest BCUT2D eigenvalue weighted by molar-refractivity contribution is 0.153. The number of thioether (sulfide) groups is 1. The van der Waals surface area contributed by atoms with E-state index in [9.17, 15) is 5.11 Å². The van der Waals surface area contributed by atoms with E-state index in [1.807, 2.05) is 30.3 Å². The second-order valence-corrected chi connectivity index (χ2v) is 4.48. The maximum atomic E-state index is 9.49. The maximum Gasteiger partial charge on any atom is 0.122 e. The molecule has 1 unspecified atom stereocenters. The number of ether oxygens (including phenoxy) is 1.